The van der Waals surface area contributed by atoms with E-state index in [0.717, 1.165) is 16.7 Å². The quantitative estimate of drug-likeness (QED) is 0.658. The molecule has 0 radical (unpaired) electrons. The highest BCUT2D eigenvalue weighted by atomic mass is 35.5. The zero-order valence-corrected chi connectivity index (χ0v) is 17.6. The van der Waals surface area contributed by atoms with Crippen molar-refractivity contribution >= 4 is 44.6 Å². The van der Waals surface area contributed by atoms with Gasteiger partial charge in [-0.25, -0.2) is 13.4 Å². The summed E-state index contributed by atoms with van der Waals surface area (Å²) in [7, 11) is -3.08. The van der Waals surface area contributed by atoms with Crippen LogP contribution in [0.2, 0.25) is 10.0 Å². The van der Waals surface area contributed by atoms with Crippen molar-refractivity contribution in [2.75, 3.05) is 24.6 Å². The molecule has 3 heterocycles. The van der Waals surface area contributed by atoms with Crippen LogP contribution in [0.3, 0.4) is 0 Å². The molecule has 0 aliphatic carbocycles. The maximum Gasteiger partial charge on any atom is 0.272 e. The first-order chi connectivity index (χ1) is 13.8. The van der Waals surface area contributed by atoms with E-state index in [2.05, 4.69) is 4.98 Å². The molecule has 4 rings (SSSR count). The molecule has 0 saturated carbocycles. The fourth-order valence-corrected chi connectivity index (χ4v) is 5.13. The Labute approximate surface area is 178 Å². The number of carbonyl (C=O) groups is 1. The number of sulfone groups is 1. The van der Waals surface area contributed by atoms with Gasteiger partial charge in [0.1, 0.15) is 11.3 Å². The molecule has 3 aromatic rings. The minimum absolute atomic E-state index is 0.0293. The Morgan fingerprint density at radius 1 is 1.14 bits per heavy atom. The van der Waals surface area contributed by atoms with Crippen molar-refractivity contribution in [3.63, 3.8) is 0 Å². The van der Waals surface area contributed by atoms with Crippen LogP contribution in [0.1, 0.15) is 16.1 Å². The fourth-order valence-electron chi connectivity index (χ4n) is 3.42. The summed E-state index contributed by atoms with van der Waals surface area (Å²) in [5.74, 6) is -0.322. The number of benzene rings is 1. The summed E-state index contributed by atoms with van der Waals surface area (Å²) in [5, 5.41) is 0.994. The lowest BCUT2D eigenvalue weighted by molar-refractivity contribution is 0.0763. The van der Waals surface area contributed by atoms with Crippen molar-refractivity contribution in [3.8, 4) is 11.1 Å². The maximum atomic E-state index is 13.0. The van der Waals surface area contributed by atoms with Gasteiger partial charge in [0.25, 0.3) is 5.91 Å². The van der Waals surface area contributed by atoms with E-state index in [-0.39, 0.29) is 37.0 Å². The average Bonchev–Trinajstić information content (AvgIpc) is 3.09. The Bertz CT molecular complexity index is 1210. The summed E-state index contributed by atoms with van der Waals surface area (Å²) >= 11 is 12.4. The first-order valence-corrected chi connectivity index (χ1v) is 11.5. The molecule has 29 heavy (non-hydrogen) atoms. The van der Waals surface area contributed by atoms with Gasteiger partial charge in [-0.1, -0.05) is 29.3 Å². The first-order valence-electron chi connectivity index (χ1n) is 8.94. The SMILES string of the molecule is NCc1cc2ncc(C(=O)N3CCS(=O)(=O)CC3)n2cc1-c1ccc(Cl)cc1Cl. The van der Waals surface area contributed by atoms with Crippen molar-refractivity contribution in [1.82, 2.24) is 14.3 Å². The van der Waals surface area contributed by atoms with Crippen molar-refractivity contribution in [2.24, 2.45) is 5.73 Å². The van der Waals surface area contributed by atoms with E-state index in [0.29, 0.717) is 21.4 Å². The van der Waals surface area contributed by atoms with Gasteiger partial charge in [-0.3, -0.25) is 9.20 Å². The van der Waals surface area contributed by atoms with Crippen molar-refractivity contribution < 1.29 is 13.2 Å². The molecule has 1 aliphatic heterocycles. The van der Waals surface area contributed by atoms with E-state index in [4.69, 9.17) is 28.9 Å². The molecule has 1 aliphatic rings. The number of pyridine rings is 1. The summed E-state index contributed by atoms with van der Waals surface area (Å²) in [6, 6.07) is 7.01. The number of fused-ring (bicyclic) bond motifs is 1. The molecule has 0 spiro atoms. The molecular formula is C19H18Cl2N4O3S. The Balaban J connectivity index is 1.78. The molecule has 0 bridgehead atoms. The summed E-state index contributed by atoms with van der Waals surface area (Å²) < 4.78 is 25.0. The van der Waals surface area contributed by atoms with Crippen LogP contribution < -0.4 is 5.73 Å². The molecule has 152 valence electrons. The molecule has 2 aromatic heterocycles. The number of nitrogens with two attached hydrogens (primary N) is 1. The number of halogens is 2. The zero-order valence-electron chi connectivity index (χ0n) is 15.3. The predicted molar refractivity (Wildman–Crippen MR) is 113 cm³/mol. The number of carbonyl (C=O) groups excluding carboxylic acids is 1. The zero-order chi connectivity index (χ0) is 20.8. The summed E-state index contributed by atoms with van der Waals surface area (Å²) in [5.41, 5.74) is 9.21. The van der Waals surface area contributed by atoms with E-state index in [1.807, 2.05) is 6.07 Å². The normalized spacial score (nSPS) is 16.3. The smallest absolute Gasteiger partial charge is 0.272 e. The second-order valence-electron chi connectivity index (χ2n) is 6.86. The van der Waals surface area contributed by atoms with Crippen LogP contribution in [0.25, 0.3) is 16.8 Å². The number of nitrogens with zero attached hydrogens (tertiary/aromatic N) is 3. The molecule has 1 fully saturated rings. The molecule has 1 aromatic carbocycles. The first kappa shape index (κ1) is 20.2. The second kappa shape index (κ2) is 7.60. The molecule has 1 amide bonds. The Kier molecular flexibility index (Phi) is 5.29. The predicted octanol–water partition coefficient (Wildman–Crippen LogP) is 2.64. The van der Waals surface area contributed by atoms with Crippen LogP contribution in [-0.4, -0.2) is 53.2 Å². The number of aromatic nitrogens is 2. The van der Waals surface area contributed by atoms with Gasteiger partial charge in [-0.05, 0) is 23.8 Å². The van der Waals surface area contributed by atoms with Crippen LogP contribution >= 0.6 is 23.2 Å². The third-order valence-corrected chi connectivity index (χ3v) is 7.18. The summed E-state index contributed by atoms with van der Waals surface area (Å²) in [6.45, 7) is 0.612. The fraction of sp³-hybridized carbons (Fsp3) is 0.263. The van der Waals surface area contributed by atoms with E-state index in [1.54, 1.807) is 28.8 Å². The molecule has 2 N–H and O–H groups in total. The highest BCUT2D eigenvalue weighted by molar-refractivity contribution is 7.91. The number of hydrogen-bond acceptors (Lipinski definition) is 5. The largest absolute Gasteiger partial charge is 0.335 e. The molecule has 0 atom stereocenters. The van der Waals surface area contributed by atoms with Crippen molar-refractivity contribution in [3.05, 3.63) is 58.0 Å². The Morgan fingerprint density at radius 2 is 1.86 bits per heavy atom. The highest BCUT2D eigenvalue weighted by Crippen LogP contribution is 2.33. The van der Waals surface area contributed by atoms with Crippen LogP contribution in [-0.2, 0) is 16.4 Å². The van der Waals surface area contributed by atoms with Crippen LogP contribution in [0.4, 0.5) is 0 Å². The molecular weight excluding hydrogens is 435 g/mol. The summed E-state index contributed by atoms with van der Waals surface area (Å²) in [6.07, 6.45) is 3.28. The van der Waals surface area contributed by atoms with Gasteiger partial charge in [-0.2, -0.15) is 0 Å². The lowest BCUT2D eigenvalue weighted by Crippen LogP contribution is -2.44. The number of hydrogen-bond donors (Lipinski definition) is 1. The topological polar surface area (TPSA) is 97.8 Å². The molecule has 10 heteroatoms. The monoisotopic (exact) mass is 452 g/mol. The third kappa shape index (κ3) is 3.85. The van der Waals surface area contributed by atoms with Gasteiger partial charge < -0.3 is 10.6 Å². The number of rotatable bonds is 3. The Morgan fingerprint density at radius 3 is 2.52 bits per heavy atom. The highest BCUT2D eigenvalue weighted by Gasteiger charge is 2.27. The lowest BCUT2D eigenvalue weighted by atomic mass is 10.0. The van der Waals surface area contributed by atoms with Gasteiger partial charge in [0.05, 0.1) is 17.7 Å². The van der Waals surface area contributed by atoms with E-state index < -0.39 is 9.84 Å². The van der Waals surface area contributed by atoms with Crippen molar-refractivity contribution in [2.45, 2.75) is 6.54 Å². The lowest BCUT2D eigenvalue weighted by Gasteiger charge is -2.26. The molecule has 1 saturated heterocycles. The number of amides is 1. The van der Waals surface area contributed by atoms with Crippen LogP contribution in [0, 0.1) is 0 Å². The minimum atomic E-state index is -3.08. The molecule has 7 nitrogen and oxygen atoms in total. The Hall–Kier alpha value is -2.13. The minimum Gasteiger partial charge on any atom is -0.335 e. The average molecular weight is 453 g/mol. The van der Waals surface area contributed by atoms with Gasteiger partial charge in [0, 0.05) is 47.0 Å². The van der Waals surface area contributed by atoms with E-state index in [1.165, 1.54) is 11.1 Å². The van der Waals surface area contributed by atoms with E-state index in [9.17, 15) is 13.2 Å². The van der Waals surface area contributed by atoms with Gasteiger partial charge in [0.15, 0.2) is 9.84 Å². The van der Waals surface area contributed by atoms with Gasteiger partial charge in [-0.15, -0.1) is 0 Å². The number of imidazole rings is 1. The van der Waals surface area contributed by atoms with Crippen molar-refractivity contribution in [1.29, 1.82) is 0 Å². The standard InChI is InChI=1S/C19H18Cl2N4O3S/c20-13-1-2-14(16(21)8-13)15-11-25-17(10-23-18(25)7-12(15)9-22)19(26)24-3-5-29(27,28)6-4-24/h1-2,7-8,10-11H,3-6,9,22H2. The van der Waals surface area contributed by atoms with Gasteiger partial charge >= 0.3 is 0 Å². The maximum absolute atomic E-state index is 13.0. The molecule has 0 unspecified atom stereocenters. The second-order valence-corrected chi connectivity index (χ2v) is 10.0. The van der Waals surface area contributed by atoms with E-state index >= 15 is 0 Å². The van der Waals surface area contributed by atoms with Crippen LogP contribution in [0.5, 0.6) is 0 Å². The van der Waals surface area contributed by atoms with Gasteiger partial charge in [0.2, 0.25) is 0 Å². The van der Waals surface area contributed by atoms with Crippen LogP contribution in [0.15, 0.2) is 36.7 Å². The summed E-state index contributed by atoms with van der Waals surface area (Å²) in [4.78, 5) is 18.9. The third-order valence-electron chi connectivity index (χ3n) is 5.02.